The number of nitrogens with zero attached hydrogens (tertiary/aromatic N) is 1. The summed E-state index contributed by atoms with van der Waals surface area (Å²) in [7, 11) is 0. The Hall–Kier alpha value is -1.87. The van der Waals surface area contributed by atoms with Gasteiger partial charge in [-0.2, -0.15) is 0 Å². The minimum Gasteiger partial charge on any atom is -0.457 e. The van der Waals surface area contributed by atoms with Gasteiger partial charge in [-0.05, 0) is 49.7 Å². The number of hydrogen-bond acceptors (Lipinski definition) is 3. The molecule has 1 heterocycles. The van der Waals surface area contributed by atoms with E-state index >= 15 is 0 Å². The summed E-state index contributed by atoms with van der Waals surface area (Å²) >= 11 is 0. The van der Waals surface area contributed by atoms with Crippen molar-refractivity contribution in [1.29, 1.82) is 0 Å². The minimum atomic E-state index is 0.764. The Morgan fingerprint density at radius 1 is 1.05 bits per heavy atom. The van der Waals surface area contributed by atoms with Gasteiger partial charge in [0.2, 0.25) is 0 Å². The maximum Gasteiger partial charge on any atom is 0.130 e. The van der Waals surface area contributed by atoms with Crippen molar-refractivity contribution < 1.29 is 4.74 Å². The Labute approximate surface area is 114 Å². The van der Waals surface area contributed by atoms with Crippen LogP contribution in [-0.4, -0.2) is 11.5 Å². The molecule has 3 nitrogen and oxygen atoms in total. The second-order valence-electron chi connectivity index (χ2n) is 4.69. The highest BCUT2D eigenvalue weighted by Crippen LogP contribution is 2.23. The lowest BCUT2D eigenvalue weighted by molar-refractivity contribution is 0.479. The van der Waals surface area contributed by atoms with Crippen LogP contribution in [0.5, 0.6) is 11.5 Å². The first-order chi connectivity index (χ1) is 9.17. The molecule has 3 heteroatoms. The summed E-state index contributed by atoms with van der Waals surface area (Å²) in [6, 6.07) is 10.1. The van der Waals surface area contributed by atoms with Crippen LogP contribution in [0.15, 0.2) is 36.5 Å². The third-order valence-corrected chi connectivity index (χ3v) is 2.78. The van der Waals surface area contributed by atoms with E-state index in [0.29, 0.717) is 0 Å². The fourth-order valence-corrected chi connectivity index (χ4v) is 2.00. The van der Waals surface area contributed by atoms with E-state index < -0.39 is 0 Å². The average molecular weight is 256 g/mol. The van der Waals surface area contributed by atoms with Crippen molar-refractivity contribution in [3.8, 4) is 11.5 Å². The molecule has 0 aliphatic carbocycles. The molecule has 1 N–H and O–H groups in total. The number of nitrogens with one attached hydrogen (secondary N) is 1. The summed E-state index contributed by atoms with van der Waals surface area (Å²) in [6.45, 7) is 7.92. The fourth-order valence-electron chi connectivity index (χ4n) is 2.00. The number of rotatable bonds is 5. The van der Waals surface area contributed by atoms with E-state index in [4.69, 9.17) is 4.74 Å². The number of pyridine rings is 1. The molecule has 100 valence electrons. The van der Waals surface area contributed by atoms with Crippen LogP contribution in [0.4, 0.5) is 0 Å². The average Bonchev–Trinajstić information content (AvgIpc) is 2.35. The van der Waals surface area contributed by atoms with E-state index in [1.54, 1.807) is 6.20 Å². The summed E-state index contributed by atoms with van der Waals surface area (Å²) < 4.78 is 5.89. The molecule has 0 bridgehead atoms. The van der Waals surface area contributed by atoms with Crippen LogP contribution < -0.4 is 10.1 Å². The summed E-state index contributed by atoms with van der Waals surface area (Å²) in [6.07, 6.45) is 1.78. The molecule has 0 amide bonds. The van der Waals surface area contributed by atoms with Gasteiger partial charge in [-0.3, -0.25) is 4.98 Å². The Morgan fingerprint density at radius 2 is 1.79 bits per heavy atom. The van der Waals surface area contributed by atoms with Gasteiger partial charge in [-0.15, -0.1) is 0 Å². The van der Waals surface area contributed by atoms with Gasteiger partial charge in [-0.25, -0.2) is 0 Å². The zero-order chi connectivity index (χ0) is 13.7. The summed E-state index contributed by atoms with van der Waals surface area (Å²) in [5, 5.41) is 3.26. The first kappa shape index (κ1) is 13.6. The number of aromatic nitrogens is 1. The predicted molar refractivity (Wildman–Crippen MR) is 77.6 cm³/mol. The Balaban J connectivity index is 2.13. The Bertz CT molecular complexity index is 532. The first-order valence-electron chi connectivity index (χ1n) is 6.59. The molecular formula is C16H20N2O. The molecule has 0 saturated carbocycles. The highest BCUT2D eigenvalue weighted by Gasteiger charge is 2.01. The van der Waals surface area contributed by atoms with Gasteiger partial charge in [0.1, 0.15) is 11.5 Å². The molecule has 19 heavy (non-hydrogen) atoms. The lowest BCUT2D eigenvalue weighted by atomic mass is 10.1. The second kappa shape index (κ2) is 6.34. The monoisotopic (exact) mass is 256 g/mol. The van der Waals surface area contributed by atoms with E-state index in [9.17, 15) is 0 Å². The van der Waals surface area contributed by atoms with Crippen LogP contribution in [-0.2, 0) is 6.54 Å². The fraction of sp³-hybridized carbons (Fsp3) is 0.312. The molecule has 0 radical (unpaired) electrons. The first-order valence-corrected chi connectivity index (χ1v) is 6.59. The third-order valence-electron chi connectivity index (χ3n) is 2.78. The lowest BCUT2D eigenvalue weighted by Gasteiger charge is -2.09. The van der Waals surface area contributed by atoms with Crippen LogP contribution in [0.2, 0.25) is 0 Å². The molecule has 0 fully saturated rings. The van der Waals surface area contributed by atoms with Gasteiger partial charge in [0, 0.05) is 18.8 Å². The Kier molecular flexibility index (Phi) is 4.53. The highest BCUT2D eigenvalue weighted by atomic mass is 16.5. The van der Waals surface area contributed by atoms with Crippen molar-refractivity contribution in [3.63, 3.8) is 0 Å². The molecule has 0 aliphatic heterocycles. The van der Waals surface area contributed by atoms with Gasteiger partial charge < -0.3 is 10.1 Å². The van der Waals surface area contributed by atoms with E-state index in [1.807, 2.05) is 24.3 Å². The van der Waals surface area contributed by atoms with Crippen molar-refractivity contribution in [2.24, 2.45) is 0 Å². The van der Waals surface area contributed by atoms with Crippen molar-refractivity contribution in [3.05, 3.63) is 53.3 Å². The van der Waals surface area contributed by atoms with Crippen LogP contribution in [0.3, 0.4) is 0 Å². The summed E-state index contributed by atoms with van der Waals surface area (Å²) in [5.41, 5.74) is 3.40. The van der Waals surface area contributed by atoms with E-state index in [2.05, 4.69) is 37.1 Å². The molecule has 0 aliphatic rings. The molecule has 2 aromatic rings. The zero-order valence-electron chi connectivity index (χ0n) is 11.7. The van der Waals surface area contributed by atoms with E-state index in [1.165, 1.54) is 11.1 Å². The summed E-state index contributed by atoms with van der Waals surface area (Å²) in [5.74, 6) is 1.70. The highest BCUT2D eigenvalue weighted by molar-refractivity contribution is 5.37. The van der Waals surface area contributed by atoms with Gasteiger partial charge in [0.25, 0.3) is 0 Å². The predicted octanol–water partition coefficient (Wildman–Crippen LogP) is 3.60. The van der Waals surface area contributed by atoms with E-state index in [0.717, 1.165) is 30.3 Å². The number of aryl methyl sites for hydroxylation is 2. The maximum atomic E-state index is 5.89. The third kappa shape index (κ3) is 4.07. The molecule has 1 aromatic heterocycles. The smallest absolute Gasteiger partial charge is 0.130 e. The van der Waals surface area contributed by atoms with E-state index in [-0.39, 0.29) is 0 Å². The number of benzene rings is 1. The molecule has 0 spiro atoms. The SMILES string of the molecule is CCNCc1cc(Oc2cc(C)cc(C)c2)ccn1. The number of ether oxygens (including phenoxy) is 1. The molecule has 1 aromatic carbocycles. The van der Waals surface area contributed by atoms with Gasteiger partial charge in [0.05, 0.1) is 5.69 Å². The van der Waals surface area contributed by atoms with Gasteiger partial charge in [0.15, 0.2) is 0 Å². The quantitative estimate of drug-likeness (QED) is 0.887. The largest absolute Gasteiger partial charge is 0.457 e. The van der Waals surface area contributed by atoms with Crippen LogP contribution in [0.1, 0.15) is 23.7 Å². The molecule has 2 rings (SSSR count). The van der Waals surface area contributed by atoms with Crippen molar-refractivity contribution in [2.75, 3.05) is 6.54 Å². The second-order valence-corrected chi connectivity index (χ2v) is 4.69. The molecule has 0 unspecified atom stereocenters. The topological polar surface area (TPSA) is 34.1 Å². The van der Waals surface area contributed by atoms with Crippen LogP contribution in [0, 0.1) is 13.8 Å². The maximum absolute atomic E-state index is 5.89. The number of hydrogen-bond donors (Lipinski definition) is 1. The van der Waals surface area contributed by atoms with Crippen molar-refractivity contribution in [2.45, 2.75) is 27.3 Å². The van der Waals surface area contributed by atoms with Gasteiger partial charge in [-0.1, -0.05) is 13.0 Å². The zero-order valence-corrected chi connectivity index (χ0v) is 11.7. The minimum absolute atomic E-state index is 0.764. The van der Waals surface area contributed by atoms with Crippen molar-refractivity contribution >= 4 is 0 Å². The normalized spacial score (nSPS) is 10.5. The molecular weight excluding hydrogens is 236 g/mol. The summed E-state index contributed by atoms with van der Waals surface area (Å²) in [4.78, 5) is 4.31. The Morgan fingerprint density at radius 3 is 2.47 bits per heavy atom. The van der Waals surface area contributed by atoms with Gasteiger partial charge >= 0.3 is 0 Å². The van der Waals surface area contributed by atoms with Crippen LogP contribution >= 0.6 is 0 Å². The van der Waals surface area contributed by atoms with Crippen LogP contribution in [0.25, 0.3) is 0 Å². The standard InChI is InChI=1S/C16H20N2O/c1-4-17-11-14-10-15(5-6-18-14)19-16-8-12(2)7-13(3)9-16/h5-10,17H,4,11H2,1-3H3. The lowest BCUT2D eigenvalue weighted by Crippen LogP contribution is -2.12. The molecule has 0 saturated heterocycles. The van der Waals surface area contributed by atoms with Crippen molar-refractivity contribution in [1.82, 2.24) is 10.3 Å². The molecule has 0 atom stereocenters.